The molecule has 0 rings (SSSR count). The number of hydrogen-bond donors (Lipinski definition) is 2. The van der Waals surface area contributed by atoms with Crippen LogP contribution in [0.2, 0.25) is 0 Å². The Morgan fingerprint density at radius 3 is 1.95 bits per heavy atom. The maximum absolute atomic E-state index is 12.4. The first-order chi connectivity index (χ1) is 9.45. The first-order valence-electron chi connectivity index (χ1n) is 7.41. The van der Waals surface area contributed by atoms with Gasteiger partial charge in [0.2, 0.25) is 0 Å². The van der Waals surface area contributed by atoms with Crippen molar-refractivity contribution in [1.29, 1.82) is 0 Å². The van der Waals surface area contributed by atoms with Gasteiger partial charge in [0.1, 0.15) is 0 Å². The maximum Gasteiger partial charge on any atom is 0.317 e. The molecular weight excluding hydrogens is 270 g/mol. The van der Waals surface area contributed by atoms with Crippen LogP contribution in [0, 0.1) is 5.41 Å². The van der Waals surface area contributed by atoms with Crippen molar-refractivity contribution in [1.82, 2.24) is 15.1 Å². The molecule has 21 heavy (non-hydrogen) atoms. The third-order valence-corrected chi connectivity index (χ3v) is 4.11. The van der Waals surface area contributed by atoms with Gasteiger partial charge in [-0.05, 0) is 48.2 Å². The number of carboxylic acids is 1. The van der Waals surface area contributed by atoms with E-state index >= 15 is 0 Å². The Balaban J connectivity index is 4.92. The largest absolute Gasteiger partial charge is 0.481 e. The van der Waals surface area contributed by atoms with Crippen molar-refractivity contribution in [2.75, 3.05) is 33.7 Å². The number of carboxylic acid groups (broad SMARTS) is 1. The van der Waals surface area contributed by atoms with E-state index in [1.54, 1.807) is 32.6 Å². The van der Waals surface area contributed by atoms with Gasteiger partial charge in [0, 0.05) is 19.6 Å². The van der Waals surface area contributed by atoms with Gasteiger partial charge in [-0.2, -0.15) is 0 Å². The molecule has 0 aliphatic rings. The number of nitrogens with zero attached hydrogens (tertiary/aromatic N) is 2. The Morgan fingerprint density at radius 2 is 1.57 bits per heavy atom. The monoisotopic (exact) mass is 301 g/mol. The standard InChI is InChI=1S/C15H31N3O3/c1-8-9-18(11-10-17(6)7)13(21)16-15(4,5)14(2,3)12(19)20/h8-11H2,1-7H3,(H,16,21)(H,19,20). The van der Waals surface area contributed by atoms with Crippen LogP contribution in [-0.4, -0.2) is 66.2 Å². The number of carbonyl (C=O) groups excluding carboxylic acids is 1. The number of carbonyl (C=O) groups is 2. The van der Waals surface area contributed by atoms with Crippen LogP contribution < -0.4 is 5.32 Å². The second-order valence-electron chi connectivity index (χ2n) is 6.78. The molecule has 0 bridgehead atoms. The molecule has 0 aromatic carbocycles. The van der Waals surface area contributed by atoms with E-state index in [-0.39, 0.29) is 6.03 Å². The Hall–Kier alpha value is -1.30. The van der Waals surface area contributed by atoms with Gasteiger partial charge in [0.15, 0.2) is 0 Å². The molecule has 0 unspecified atom stereocenters. The van der Waals surface area contributed by atoms with Crippen molar-refractivity contribution >= 4 is 12.0 Å². The molecule has 0 radical (unpaired) electrons. The van der Waals surface area contributed by atoms with Gasteiger partial charge in [0.25, 0.3) is 0 Å². The minimum Gasteiger partial charge on any atom is -0.481 e. The van der Waals surface area contributed by atoms with E-state index in [2.05, 4.69) is 5.32 Å². The summed E-state index contributed by atoms with van der Waals surface area (Å²) in [6.07, 6.45) is 0.865. The minimum atomic E-state index is -1.05. The summed E-state index contributed by atoms with van der Waals surface area (Å²) in [5.74, 6) is -0.928. The highest BCUT2D eigenvalue weighted by Crippen LogP contribution is 2.30. The van der Waals surface area contributed by atoms with Crippen LogP contribution >= 0.6 is 0 Å². The Morgan fingerprint density at radius 1 is 1.05 bits per heavy atom. The molecule has 0 saturated heterocycles. The molecule has 6 nitrogen and oxygen atoms in total. The fraction of sp³-hybridized carbons (Fsp3) is 0.867. The lowest BCUT2D eigenvalue weighted by Gasteiger charge is -2.40. The summed E-state index contributed by atoms with van der Waals surface area (Å²) in [5, 5.41) is 12.2. The van der Waals surface area contributed by atoms with Gasteiger partial charge in [-0.1, -0.05) is 6.92 Å². The predicted molar refractivity (Wildman–Crippen MR) is 84.4 cm³/mol. The van der Waals surface area contributed by atoms with E-state index in [1.807, 2.05) is 25.9 Å². The topological polar surface area (TPSA) is 72.9 Å². The minimum absolute atomic E-state index is 0.210. The van der Waals surface area contributed by atoms with Gasteiger partial charge < -0.3 is 20.2 Å². The Kier molecular flexibility index (Phi) is 7.16. The smallest absolute Gasteiger partial charge is 0.317 e. The summed E-state index contributed by atoms with van der Waals surface area (Å²) < 4.78 is 0. The second kappa shape index (κ2) is 7.64. The molecule has 0 aliphatic heterocycles. The van der Waals surface area contributed by atoms with Crippen molar-refractivity contribution in [2.45, 2.75) is 46.6 Å². The van der Waals surface area contributed by atoms with Gasteiger partial charge in [0.05, 0.1) is 11.0 Å². The molecule has 2 amide bonds. The van der Waals surface area contributed by atoms with E-state index in [0.29, 0.717) is 13.1 Å². The normalized spacial score (nSPS) is 12.4. The maximum atomic E-state index is 12.4. The average Bonchev–Trinajstić information content (AvgIpc) is 2.32. The summed E-state index contributed by atoms with van der Waals surface area (Å²) in [6.45, 7) is 10.8. The predicted octanol–water partition coefficient (Wildman–Crippen LogP) is 1.86. The molecule has 124 valence electrons. The lowest BCUT2D eigenvalue weighted by molar-refractivity contribution is -0.150. The van der Waals surface area contributed by atoms with Gasteiger partial charge in [-0.3, -0.25) is 4.79 Å². The van der Waals surface area contributed by atoms with Crippen molar-refractivity contribution in [2.24, 2.45) is 5.41 Å². The number of urea groups is 1. The van der Waals surface area contributed by atoms with E-state index in [4.69, 9.17) is 0 Å². The number of rotatable bonds is 8. The zero-order chi connectivity index (χ0) is 16.8. The molecule has 0 fully saturated rings. The van der Waals surface area contributed by atoms with Crippen molar-refractivity contribution in [3.8, 4) is 0 Å². The quantitative estimate of drug-likeness (QED) is 0.718. The second-order valence-corrected chi connectivity index (χ2v) is 6.78. The molecule has 0 heterocycles. The molecule has 0 aromatic rings. The number of hydrogen-bond acceptors (Lipinski definition) is 3. The third kappa shape index (κ3) is 5.53. The van der Waals surface area contributed by atoms with E-state index in [1.165, 1.54) is 0 Å². The summed E-state index contributed by atoms with van der Waals surface area (Å²) >= 11 is 0. The Labute approximate surface area is 128 Å². The third-order valence-electron chi connectivity index (χ3n) is 4.11. The highest BCUT2D eigenvalue weighted by Gasteiger charge is 2.44. The van der Waals surface area contributed by atoms with Gasteiger partial charge in [-0.15, -0.1) is 0 Å². The number of aliphatic carboxylic acids is 1. The van der Waals surface area contributed by atoms with Crippen molar-refractivity contribution in [3.63, 3.8) is 0 Å². The van der Waals surface area contributed by atoms with E-state index < -0.39 is 16.9 Å². The number of likely N-dealkylation sites (N-methyl/N-ethyl adjacent to an activating group) is 1. The molecule has 6 heteroatoms. The average molecular weight is 301 g/mol. The fourth-order valence-electron chi connectivity index (χ4n) is 1.68. The first-order valence-corrected chi connectivity index (χ1v) is 7.41. The fourth-order valence-corrected chi connectivity index (χ4v) is 1.68. The molecule has 2 N–H and O–H groups in total. The molecule has 0 aromatic heterocycles. The van der Waals surface area contributed by atoms with Crippen LogP contribution in [0.15, 0.2) is 0 Å². The van der Waals surface area contributed by atoms with Crippen LogP contribution in [0.25, 0.3) is 0 Å². The van der Waals surface area contributed by atoms with Crippen molar-refractivity contribution < 1.29 is 14.7 Å². The molecule has 0 aliphatic carbocycles. The van der Waals surface area contributed by atoms with E-state index in [9.17, 15) is 14.7 Å². The summed E-state index contributed by atoms with van der Waals surface area (Å²) in [7, 11) is 3.92. The highest BCUT2D eigenvalue weighted by molar-refractivity contribution is 5.79. The zero-order valence-electron chi connectivity index (χ0n) is 14.5. The SMILES string of the molecule is CCCN(CCN(C)C)C(=O)NC(C)(C)C(C)(C)C(=O)O. The van der Waals surface area contributed by atoms with Gasteiger partial charge in [-0.25, -0.2) is 4.79 Å². The van der Waals surface area contributed by atoms with Crippen LogP contribution in [0.5, 0.6) is 0 Å². The van der Waals surface area contributed by atoms with Crippen LogP contribution in [0.4, 0.5) is 4.79 Å². The zero-order valence-corrected chi connectivity index (χ0v) is 14.5. The lowest BCUT2D eigenvalue weighted by Crippen LogP contribution is -2.60. The van der Waals surface area contributed by atoms with Crippen LogP contribution in [0.3, 0.4) is 0 Å². The van der Waals surface area contributed by atoms with Crippen LogP contribution in [0.1, 0.15) is 41.0 Å². The van der Waals surface area contributed by atoms with Crippen molar-refractivity contribution in [3.05, 3.63) is 0 Å². The highest BCUT2D eigenvalue weighted by atomic mass is 16.4. The van der Waals surface area contributed by atoms with E-state index in [0.717, 1.165) is 13.0 Å². The molecule has 0 saturated carbocycles. The molecular formula is C15H31N3O3. The number of nitrogens with one attached hydrogen (secondary N) is 1. The summed E-state index contributed by atoms with van der Waals surface area (Å²) in [6, 6.07) is -0.210. The van der Waals surface area contributed by atoms with Crippen LogP contribution in [-0.2, 0) is 4.79 Å². The molecule has 0 atom stereocenters. The Bertz CT molecular complexity index is 365. The number of amides is 2. The lowest BCUT2D eigenvalue weighted by atomic mass is 9.74. The first kappa shape index (κ1) is 19.7. The van der Waals surface area contributed by atoms with Gasteiger partial charge >= 0.3 is 12.0 Å². The summed E-state index contributed by atoms with van der Waals surface area (Å²) in [5.41, 5.74) is -1.90. The molecule has 0 spiro atoms. The summed E-state index contributed by atoms with van der Waals surface area (Å²) in [4.78, 5) is 27.6.